The molecule has 3 aromatic rings. The summed E-state index contributed by atoms with van der Waals surface area (Å²) in [6.07, 6.45) is 2.49. The number of anilines is 2. The Balaban J connectivity index is 2.02. The summed E-state index contributed by atoms with van der Waals surface area (Å²) < 4.78 is 42.7. The summed E-state index contributed by atoms with van der Waals surface area (Å²) in [4.78, 5) is 8.43. The Bertz CT molecular complexity index is 1040. The van der Waals surface area contributed by atoms with Crippen molar-refractivity contribution in [3.8, 4) is 5.75 Å². The van der Waals surface area contributed by atoms with Crippen molar-refractivity contribution in [2.45, 2.75) is 11.8 Å². The average Bonchev–Trinajstić information content (AvgIpc) is 2.56. The molecule has 0 aliphatic carbocycles. The van der Waals surface area contributed by atoms with Crippen molar-refractivity contribution in [1.82, 2.24) is 9.97 Å². The fraction of sp³-hybridized carbons (Fsp3) is 0.176. The molecule has 6 nitrogen and oxygen atoms in total. The first kappa shape index (κ1) is 17.1. The molecular formula is C17H16FN3O3S. The molecule has 0 saturated carbocycles. The molecule has 1 aromatic heterocycles. The molecule has 0 amide bonds. The van der Waals surface area contributed by atoms with Crippen LogP contribution in [0.25, 0.3) is 10.9 Å². The lowest BCUT2D eigenvalue weighted by molar-refractivity contribution is 0.321. The van der Waals surface area contributed by atoms with Gasteiger partial charge in [0.15, 0.2) is 21.4 Å². The number of halogens is 1. The van der Waals surface area contributed by atoms with Crippen LogP contribution in [-0.2, 0) is 9.84 Å². The zero-order valence-electron chi connectivity index (χ0n) is 13.7. The molecule has 0 spiro atoms. The maximum Gasteiger partial charge on any atom is 0.175 e. The van der Waals surface area contributed by atoms with Crippen molar-refractivity contribution in [2.24, 2.45) is 0 Å². The Morgan fingerprint density at radius 2 is 1.96 bits per heavy atom. The van der Waals surface area contributed by atoms with E-state index in [2.05, 4.69) is 15.3 Å². The third-order valence-electron chi connectivity index (χ3n) is 3.53. The SMILES string of the molecule is CCOc1ccc(Nc2ncnc3ccc(S(C)(=O)=O)cc23)cc1F. The van der Waals surface area contributed by atoms with Gasteiger partial charge in [0.05, 0.1) is 17.0 Å². The largest absolute Gasteiger partial charge is 0.491 e. The van der Waals surface area contributed by atoms with Crippen molar-refractivity contribution in [2.75, 3.05) is 18.2 Å². The minimum absolute atomic E-state index is 0.163. The van der Waals surface area contributed by atoms with Crippen LogP contribution in [0.1, 0.15) is 6.92 Å². The number of rotatable bonds is 5. The van der Waals surface area contributed by atoms with Gasteiger partial charge in [-0.2, -0.15) is 0 Å². The van der Waals surface area contributed by atoms with E-state index in [9.17, 15) is 12.8 Å². The number of aromatic nitrogens is 2. The first-order valence-corrected chi connectivity index (χ1v) is 9.42. The summed E-state index contributed by atoms with van der Waals surface area (Å²) in [6.45, 7) is 2.15. The van der Waals surface area contributed by atoms with Gasteiger partial charge in [0.2, 0.25) is 0 Å². The van der Waals surface area contributed by atoms with Crippen molar-refractivity contribution < 1.29 is 17.5 Å². The Labute approximate surface area is 144 Å². The van der Waals surface area contributed by atoms with Crippen molar-refractivity contribution in [3.05, 3.63) is 48.5 Å². The summed E-state index contributed by atoms with van der Waals surface area (Å²) in [5.41, 5.74) is 1.04. The number of hydrogen-bond acceptors (Lipinski definition) is 6. The zero-order valence-corrected chi connectivity index (χ0v) is 14.5. The van der Waals surface area contributed by atoms with E-state index in [-0.39, 0.29) is 10.6 Å². The maximum absolute atomic E-state index is 14.0. The summed E-state index contributed by atoms with van der Waals surface area (Å²) in [6, 6.07) is 9.06. The van der Waals surface area contributed by atoms with Gasteiger partial charge in [-0.1, -0.05) is 0 Å². The first-order valence-electron chi connectivity index (χ1n) is 7.52. The lowest BCUT2D eigenvalue weighted by Gasteiger charge is -2.11. The van der Waals surface area contributed by atoms with Gasteiger partial charge in [0.25, 0.3) is 0 Å². The Morgan fingerprint density at radius 3 is 2.64 bits per heavy atom. The molecule has 25 heavy (non-hydrogen) atoms. The Kier molecular flexibility index (Phi) is 4.54. The molecule has 0 atom stereocenters. The Morgan fingerprint density at radius 1 is 1.16 bits per heavy atom. The first-order chi connectivity index (χ1) is 11.9. The van der Waals surface area contributed by atoms with Crippen LogP contribution in [0.3, 0.4) is 0 Å². The van der Waals surface area contributed by atoms with E-state index in [0.717, 1.165) is 6.26 Å². The number of nitrogens with one attached hydrogen (secondary N) is 1. The fourth-order valence-corrected chi connectivity index (χ4v) is 3.00. The standard InChI is InChI=1S/C17H16FN3O3S/c1-3-24-16-7-4-11(8-14(16)18)21-17-13-9-12(25(2,22)23)5-6-15(13)19-10-20-17/h4-10H,3H2,1-2H3,(H,19,20,21). The van der Waals surface area contributed by atoms with Crippen LogP contribution in [0.15, 0.2) is 47.6 Å². The molecule has 8 heteroatoms. The molecule has 1 N–H and O–H groups in total. The minimum atomic E-state index is -3.36. The van der Waals surface area contributed by atoms with Crippen LogP contribution < -0.4 is 10.1 Å². The third-order valence-corrected chi connectivity index (χ3v) is 4.64. The molecule has 1 heterocycles. The van der Waals surface area contributed by atoms with Crippen molar-refractivity contribution in [3.63, 3.8) is 0 Å². The van der Waals surface area contributed by atoms with Gasteiger partial charge in [0.1, 0.15) is 12.1 Å². The molecule has 130 valence electrons. The van der Waals surface area contributed by atoms with E-state index < -0.39 is 15.7 Å². The zero-order chi connectivity index (χ0) is 18.0. The van der Waals surface area contributed by atoms with Gasteiger partial charge in [-0.3, -0.25) is 0 Å². The molecule has 0 fully saturated rings. The van der Waals surface area contributed by atoms with Gasteiger partial charge < -0.3 is 10.1 Å². The van der Waals surface area contributed by atoms with Crippen LogP contribution in [0.2, 0.25) is 0 Å². The maximum atomic E-state index is 14.0. The third kappa shape index (κ3) is 3.69. The second-order valence-electron chi connectivity index (χ2n) is 5.38. The second-order valence-corrected chi connectivity index (χ2v) is 7.39. The van der Waals surface area contributed by atoms with E-state index >= 15 is 0 Å². The lowest BCUT2D eigenvalue weighted by atomic mass is 10.2. The molecule has 3 rings (SSSR count). The number of fused-ring (bicyclic) bond motifs is 1. The summed E-state index contributed by atoms with van der Waals surface area (Å²) in [5.74, 6) is 0.0565. The predicted octanol–water partition coefficient (Wildman–Crippen LogP) is 3.31. The quantitative estimate of drug-likeness (QED) is 0.751. The number of nitrogens with zero attached hydrogens (tertiary/aromatic N) is 2. The molecular weight excluding hydrogens is 345 g/mol. The number of benzene rings is 2. The van der Waals surface area contributed by atoms with E-state index in [4.69, 9.17) is 4.74 Å². The van der Waals surface area contributed by atoms with Crippen molar-refractivity contribution in [1.29, 1.82) is 0 Å². The lowest BCUT2D eigenvalue weighted by Crippen LogP contribution is -2.00. The topological polar surface area (TPSA) is 81.2 Å². The highest BCUT2D eigenvalue weighted by Crippen LogP contribution is 2.27. The van der Waals surface area contributed by atoms with Crippen LogP contribution in [0.5, 0.6) is 5.75 Å². The average molecular weight is 361 g/mol. The van der Waals surface area contributed by atoms with Crippen molar-refractivity contribution >= 4 is 32.2 Å². The van der Waals surface area contributed by atoms with Gasteiger partial charge >= 0.3 is 0 Å². The molecule has 0 aliphatic heterocycles. The van der Waals surface area contributed by atoms with Gasteiger partial charge in [-0.05, 0) is 37.3 Å². The van der Waals surface area contributed by atoms with E-state index in [1.165, 1.54) is 30.6 Å². The van der Waals surface area contributed by atoms with Crippen LogP contribution in [0, 0.1) is 5.82 Å². The van der Waals surface area contributed by atoms with Gasteiger partial charge in [-0.15, -0.1) is 0 Å². The predicted molar refractivity (Wildman–Crippen MR) is 93.5 cm³/mol. The molecule has 0 radical (unpaired) electrons. The molecule has 0 bridgehead atoms. The second kappa shape index (κ2) is 6.64. The molecule has 0 unspecified atom stereocenters. The van der Waals surface area contributed by atoms with Crippen LogP contribution >= 0.6 is 0 Å². The number of hydrogen-bond donors (Lipinski definition) is 1. The van der Waals surface area contributed by atoms with E-state index in [1.807, 2.05) is 0 Å². The highest BCUT2D eigenvalue weighted by molar-refractivity contribution is 7.90. The van der Waals surface area contributed by atoms with Gasteiger partial charge in [-0.25, -0.2) is 22.8 Å². The van der Waals surface area contributed by atoms with Crippen LogP contribution in [0.4, 0.5) is 15.9 Å². The molecule has 0 saturated heterocycles. The Hall–Kier alpha value is -2.74. The molecule has 2 aromatic carbocycles. The monoisotopic (exact) mass is 361 g/mol. The summed E-state index contributed by atoms with van der Waals surface area (Å²) >= 11 is 0. The summed E-state index contributed by atoms with van der Waals surface area (Å²) in [5, 5.41) is 3.52. The fourth-order valence-electron chi connectivity index (χ4n) is 2.35. The number of sulfone groups is 1. The minimum Gasteiger partial charge on any atom is -0.491 e. The van der Waals surface area contributed by atoms with E-state index in [1.54, 1.807) is 19.1 Å². The van der Waals surface area contributed by atoms with Gasteiger partial charge in [0, 0.05) is 23.4 Å². The smallest absolute Gasteiger partial charge is 0.175 e. The highest BCUT2D eigenvalue weighted by atomic mass is 32.2. The molecule has 0 aliphatic rings. The number of ether oxygens (including phenoxy) is 1. The normalized spacial score (nSPS) is 11.5. The van der Waals surface area contributed by atoms with E-state index in [0.29, 0.717) is 29.0 Å². The highest BCUT2D eigenvalue weighted by Gasteiger charge is 2.12. The summed E-state index contributed by atoms with van der Waals surface area (Å²) in [7, 11) is -3.36. The van der Waals surface area contributed by atoms with Crippen LogP contribution in [-0.4, -0.2) is 31.2 Å².